The third-order valence-corrected chi connectivity index (χ3v) is 4.12. The molecule has 0 saturated carbocycles. The Balaban J connectivity index is 2.11. The van der Waals surface area contributed by atoms with Gasteiger partial charge in [0, 0.05) is 12.0 Å². The van der Waals surface area contributed by atoms with Gasteiger partial charge in [0.15, 0.2) is 11.6 Å². The van der Waals surface area contributed by atoms with Crippen LogP contribution in [-0.4, -0.2) is 11.0 Å². The molecular formula is C21H18FNO2. The molecule has 0 saturated heterocycles. The molecule has 3 aromatic carbocycles. The van der Waals surface area contributed by atoms with E-state index >= 15 is 0 Å². The fourth-order valence-electron chi connectivity index (χ4n) is 2.86. The van der Waals surface area contributed by atoms with Crippen molar-refractivity contribution >= 4 is 5.91 Å². The van der Waals surface area contributed by atoms with Gasteiger partial charge in [-0.15, -0.1) is 0 Å². The predicted octanol–water partition coefficient (Wildman–Crippen LogP) is 4.28. The molecule has 1 amide bonds. The van der Waals surface area contributed by atoms with E-state index in [0.29, 0.717) is 17.5 Å². The van der Waals surface area contributed by atoms with Crippen molar-refractivity contribution in [1.82, 2.24) is 0 Å². The zero-order valence-corrected chi connectivity index (χ0v) is 13.6. The van der Waals surface area contributed by atoms with Crippen molar-refractivity contribution in [3.05, 3.63) is 78.1 Å². The number of halogens is 1. The first-order chi connectivity index (χ1) is 12.1. The lowest BCUT2D eigenvalue weighted by atomic mass is 9.92. The minimum Gasteiger partial charge on any atom is -0.505 e. The van der Waals surface area contributed by atoms with Crippen LogP contribution in [-0.2, 0) is 11.2 Å². The van der Waals surface area contributed by atoms with E-state index < -0.39 is 17.5 Å². The molecule has 3 nitrogen and oxygen atoms in total. The van der Waals surface area contributed by atoms with Gasteiger partial charge in [-0.25, -0.2) is 4.39 Å². The summed E-state index contributed by atoms with van der Waals surface area (Å²) < 4.78 is 14.3. The van der Waals surface area contributed by atoms with Crippen LogP contribution < -0.4 is 5.73 Å². The minimum atomic E-state index is -0.671. The molecule has 0 aromatic heterocycles. The van der Waals surface area contributed by atoms with Crippen molar-refractivity contribution < 1.29 is 14.3 Å². The molecule has 0 spiro atoms. The third-order valence-electron chi connectivity index (χ3n) is 4.12. The summed E-state index contributed by atoms with van der Waals surface area (Å²) in [6.07, 6.45) is 0.576. The summed E-state index contributed by atoms with van der Waals surface area (Å²) in [4.78, 5) is 11.2. The molecule has 3 rings (SSSR count). The zero-order valence-electron chi connectivity index (χ0n) is 13.6. The fourth-order valence-corrected chi connectivity index (χ4v) is 2.86. The number of rotatable bonds is 5. The molecule has 0 fully saturated rings. The van der Waals surface area contributed by atoms with E-state index in [1.807, 2.05) is 48.5 Å². The van der Waals surface area contributed by atoms with E-state index in [1.54, 1.807) is 12.1 Å². The lowest BCUT2D eigenvalue weighted by Crippen LogP contribution is -2.11. The second-order valence-corrected chi connectivity index (χ2v) is 5.84. The summed E-state index contributed by atoms with van der Waals surface area (Å²) in [5.74, 6) is -1.48. The van der Waals surface area contributed by atoms with Crippen molar-refractivity contribution in [3.8, 4) is 28.0 Å². The fraction of sp³-hybridized carbons (Fsp3) is 0.0952. The van der Waals surface area contributed by atoms with E-state index in [9.17, 15) is 14.3 Å². The molecule has 0 bridgehead atoms. The van der Waals surface area contributed by atoms with Crippen molar-refractivity contribution in [2.24, 2.45) is 5.73 Å². The van der Waals surface area contributed by atoms with Gasteiger partial charge in [0.05, 0.1) is 0 Å². The summed E-state index contributed by atoms with van der Waals surface area (Å²) in [5, 5.41) is 9.65. The molecule has 0 aliphatic heterocycles. The molecule has 0 aliphatic carbocycles. The van der Waals surface area contributed by atoms with E-state index in [0.717, 1.165) is 16.7 Å². The van der Waals surface area contributed by atoms with Gasteiger partial charge in [-0.05, 0) is 34.7 Å². The Morgan fingerprint density at radius 3 is 2.40 bits per heavy atom. The molecule has 0 radical (unpaired) electrons. The number of primary amides is 1. The number of benzene rings is 3. The second kappa shape index (κ2) is 7.18. The Kier molecular flexibility index (Phi) is 4.80. The minimum absolute atomic E-state index is 0.172. The number of aromatic hydroxyl groups is 1. The summed E-state index contributed by atoms with van der Waals surface area (Å²) in [5.41, 5.74) is 9.05. The lowest BCUT2D eigenvalue weighted by molar-refractivity contribution is -0.117. The van der Waals surface area contributed by atoms with Crippen molar-refractivity contribution in [2.75, 3.05) is 0 Å². The Hall–Kier alpha value is -3.14. The monoisotopic (exact) mass is 335 g/mol. The summed E-state index contributed by atoms with van der Waals surface area (Å²) in [6.45, 7) is 0. The Bertz CT molecular complexity index is 907. The number of phenolic OH excluding ortho intramolecular Hbond substituents is 1. The van der Waals surface area contributed by atoms with Crippen molar-refractivity contribution in [2.45, 2.75) is 12.8 Å². The molecule has 3 aromatic rings. The van der Waals surface area contributed by atoms with Crippen LogP contribution in [0.15, 0.2) is 66.7 Å². The van der Waals surface area contributed by atoms with Crippen LogP contribution >= 0.6 is 0 Å². The van der Waals surface area contributed by atoms with Gasteiger partial charge in [-0.1, -0.05) is 60.7 Å². The molecule has 126 valence electrons. The first-order valence-electron chi connectivity index (χ1n) is 8.01. The van der Waals surface area contributed by atoms with Crippen molar-refractivity contribution in [3.63, 3.8) is 0 Å². The normalized spacial score (nSPS) is 10.6. The first-order valence-corrected chi connectivity index (χ1v) is 8.01. The number of carbonyl (C=O) groups excluding carboxylic acids is 1. The highest BCUT2D eigenvalue weighted by Gasteiger charge is 2.14. The molecule has 25 heavy (non-hydrogen) atoms. The van der Waals surface area contributed by atoms with Crippen LogP contribution in [0.1, 0.15) is 12.0 Å². The highest BCUT2D eigenvalue weighted by Crippen LogP contribution is 2.33. The summed E-state index contributed by atoms with van der Waals surface area (Å²) in [6, 6.07) is 20.0. The molecule has 0 aliphatic rings. The maximum Gasteiger partial charge on any atom is 0.217 e. The highest BCUT2D eigenvalue weighted by atomic mass is 19.1. The average Bonchev–Trinajstić information content (AvgIpc) is 2.63. The van der Waals surface area contributed by atoms with E-state index in [2.05, 4.69) is 0 Å². The largest absolute Gasteiger partial charge is 0.505 e. The molecular weight excluding hydrogens is 317 g/mol. The average molecular weight is 335 g/mol. The molecule has 4 heteroatoms. The Labute approximate surface area is 145 Å². The van der Waals surface area contributed by atoms with Gasteiger partial charge in [-0.3, -0.25) is 4.79 Å². The van der Waals surface area contributed by atoms with E-state index in [-0.39, 0.29) is 6.42 Å². The van der Waals surface area contributed by atoms with Crippen LogP contribution in [0.2, 0.25) is 0 Å². The maximum absolute atomic E-state index is 14.3. The number of phenols is 1. The van der Waals surface area contributed by atoms with E-state index in [4.69, 9.17) is 5.73 Å². The van der Waals surface area contributed by atoms with Gasteiger partial charge in [0.25, 0.3) is 0 Å². The number of amides is 1. The Morgan fingerprint density at radius 1 is 0.920 bits per heavy atom. The van der Waals surface area contributed by atoms with E-state index in [1.165, 1.54) is 6.07 Å². The first kappa shape index (κ1) is 16.7. The van der Waals surface area contributed by atoms with Crippen LogP contribution in [0.5, 0.6) is 5.75 Å². The maximum atomic E-state index is 14.3. The van der Waals surface area contributed by atoms with Crippen molar-refractivity contribution in [1.29, 1.82) is 0 Å². The standard InChI is InChI=1S/C21H18FNO2/c22-21-18(7-4-8-19(21)24)17-11-9-15(14-5-2-1-3-6-14)13-16(17)10-12-20(23)25/h1-9,11,13,24H,10,12H2,(H2,23,25). The van der Waals surface area contributed by atoms with Crippen LogP contribution in [0.25, 0.3) is 22.3 Å². The number of hydrogen-bond donors (Lipinski definition) is 2. The smallest absolute Gasteiger partial charge is 0.217 e. The molecule has 3 N–H and O–H groups in total. The molecule has 0 heterocycles. The van der Waals surface area contributed by atoms with Gasteiger partial charge >= 0.3 is 0 Å². The van der Waals surface area contributed by atoms with Crippen LogP contribution in [0.3, 0.4) is 0 Å². The predicted molar refractivity (Wildman–Crippen MR) is 96.5 cm³/mol. The molecule has 0 unspecified atom stereocenters. The van der Waals surface area contributed by atoms with Crippen LogP contribution in [0.4, 0.5) is 4.39 Å². The number of carbonyl (C=O) groups is 1. The summed E-state index contributed by atoms with van der Waals surface area (Å²) >= 11 is 0. The zero-order chi connectivity index (χ0) is 17.8. The SMILES string of the molecule is NC(=O)CCc1cc(-c2ccccc2)ccc1-c1cccc(O)c1F. The second-order valence-electron chi connectivity index (χ2n) is 5.84. The third kappa shape index (κ3) is 3.69. The Morgan fingerprint density at radius 2 is 1.68 bits per heavy atom. The van der Waals surface area contributed by atoms with Gasteiger partial charge in [0.1, 0.15) is 0 Å². The van der Waals surface area contributed by atoms with Gasteiger partial charge in [0.2, 0.25) is 5.91 Å². The highest BCUT2D eigenvalue weighted by molar-refractivity contribution is 5.77. The quantitative estimate of drug-likeness (QED) is 0.731. The van der Waals surface area contributed by atoms with Crippen LogP contribution in [0, 0.1) is 5.82 Å². The molecule has 0 atom stereocenters. The van der Waals surface area contributed by atoms with Gasteiger partial charge in [-0.2, -0.15) is 0 Å². The van der Waals surface area contributed by atoms with Gasteiger partial charge < -0.3 is 10.8 Å². The number of hydrogen-bond acceptors (Lipinski definition) is 2. The number of aryl methyl sites for hydroxylation is 1. The lowest BCUT2D eigenvalue weighted by Gasteiger charge is -2.13. The summed E-state index contributed by atoms with van der Waals surface area (Å²) in [7, 11) is 0. The number of nitrogens with two attached hydrogens (primary N) is 1. The topological polar surface area (TPSA) is 63.3 Å².